The molecule has 1 aromatic rings. The lowest BCUT2D eigenvalue weighted by molar-refractivity contribution is -0.275. The number of benzene rings is 1. The molecule has 0 aliphatic heterocycles. The molecule has 16 heavy (non-hydrogen) atoms. The lowest BCUT2D eigenvalue weighted by Gasteiger charge is -2.14. The second kappa shape index (κ2) is 4.69. The summed E-state index contributed by atoms with van der Waals surface area (Å²) in [6.45, 7) is 1.58. The fraction of sp³-hybridized carbons (Fsp3) is 0.400. The van der Waals surface area contributed by atoms with E-state index in [9.17, 15) is 22.7 Å². The molecule has 1 N–H and O–H groups in total. The van der Waals surface area contributed by atoms with Gasteiger partial charge in [0.25, 0.3) is 0 Å². The Kier molecular flexibility index (Phi) is 3.74. The SMILES string of the molecule is CCC(O)c1cccc(OC(F)(F)F)c1F. The first-order valence-electron chi connectivity index (χ1n) is 4.57. The topological polar surface area (TPSA) is 29.5 Å². The summed E-state index contributed by atoms with van der Waals surface area (Å²) in [5.74, 6) is -2.12. The second-order valence-corrected chi connectivity index (χ2v) is 3.13. The first kappa shape index (κ1) is 12.8. The predicted octanol–water partition coefficient (Wildman–Crippen LogP) is 3.17. The zero-order valence-electron chi connectivity index (χ0n) is 8.38. The fourth-order valence-electron chi connectivity index (χ4n) is 1.21. The van der Waals surface area contributed by atoms with E-state index in [0.29, 0.717) is 0 Å². The van der Waals surface area contributed by atoms with Gasteiger partial charge in [0.1, 0.15) is 0 Å². The van der Waals surface area contributed by atoms with Gasteiger partial charge in [0.15, 0.2) is 11.6 Å². The summed E-state index contributed by atoms with van der Waals surface area (Å²) in [5, 5.41) is 9.36. The molecule has 1 atom stereocenters. The smallest absolute Gasteiger partial charge is 0.403 e. The standard InChI is InChI=1S/C10H10F4O2/c1-2-7(15)6-4-3-5-8(9(6)11)16-10(12,13)14/h3-5,7,15H,2H2,1H3. The van der Waals surface area contributed by atoms with Crippen LogP contribution in [0.2, 0.25) is 0 Å². The van der Waals surface area contributed by atoms with E-state index < -0.39 is 24.0 Å². The number of hydrogen-bond acceptors (Lipinski definition) is 2. The average molecular weight is 238 g/mol. The molecule has 90 valence electrons. The highest BCUT2D eigenvalue weighted by Gasteiger charge is 2.33. The Labute approximate surface area is 89.5 Å². The number of rotatable bonds is 3. The Morgan fingerprint density at radius 3 is 2.50 bits per heavy atom. The van der Waals surface area contributed by atoms with Crippen molar-refractivity contribution in [2.24, 2.45) is 0 Å². The number of halogens is 4. The van der Waals surface area contributed by atoms with Crippen LogP contribution in [0.5, 0.6) is 5.75 Å². The van der Waals surface area contributed by atoms with E-state index in [2.05, 4.69) is 4.74 Å². The normalized spacial score (nSPS) is 13.6. The lowest BCUT2D eigenvalue weighted by Crippen LogP contribution is -2.18. The van der Waals surface area contributed by atoms with Crippen molar-refractivity contribution < 1.29 is 27.4 Å². The number of aliphatic hydroxyl groups excluding tert-OH is 1. The van der Waals surface area contributed by atoms with Gasteiger partial charge in [-0.2, -0.15) is 0 Å². The maximum atomic E-state index is 13.5. The molecule has 0 radical (unpaired) electrons. The Bertz CT molecular complexity index is 362. The molecule has 2 nitrogen and oxygen atoms in total. The summed E-state index contributed by atoms with van der Waals surface area (Å²) in [6, 6.07) is 3.26. The van der Waals surface area contributed by atoms with Crippen molar-refractivity contribution in [3.63, 3.8) is 0 Å². The molecule has 0 saturated heterocycles. The molecule has 0 aliphatic rings. The fourth-order valence-corrected chi connectivity index (χ4v) is 1.21. The first-order valence-corrected chi connectivity index (χ1v) is 4.57. The summed E-state index contributed by atoms with van der Waals surface area (Å²) in [6.07, 6.45) is -5.89. The largest absolute Gasteiger partial charge is 0.573 e. The van der Waals surface area contributed by atoms with Crippen molar-refractivity contribution in [2.75, 3.05) is 0 Å². The maximum absolute atomic E-state index is 13.5. The van der Waals surface area contributed by atoms with Crippen LogP contribution in [-0.4, -0.2) is 11.5 Å². The molecule has 0 heterocycles. The molecule has 0 aromatic heterocycles. The van der Waals surface area contributed by atoms with Gasteiger partial charge in [-0.3, -0.25) is 0 Å². The van der Waals surface area contributed by atoms with Gasteiger partial charge in [-0.25, -0.2) is 4.39 Å². The Hall–Kier alpha value is -1.30. The molecule has 0 bridgehead atoms. The quantitative estimate of drug-likeness (QED) is 0.819. The molecule has 1 rings (SSSR count). The number of hydrogen-bond donors (Lipinski definition) is 1. The minimum Gasteiger partial charge on any atom is -0.403 e. The summed E-state index contributed by atoms with van der Waals surface area (Å²) in [5.41, 5.74) is -0.204. The lowest BCUT2D eigenvalue weighted by atomic mass is 10.1. The van der Waals surface area contributed by atoms with E-state index in [1.54, 1.807) is 6.92 Å². The van der Waals surface area contributed by atoms with Crippen molar-refractivity contribution in [1.29, 1.82) is 0 Å². The van der Waals surface area contributed by atoms with Crippen molar-refractivity contribution in [2.45, 2.75) is 25.8 Å². The highest BCUT2D eigenvalue weighted by atomic mass is 19.4. The molecule has 1 unspecified atom stereocenters. The highest BCUT2D eigenvalue weighted by Crippen LogP contribution is 2.30. The Balaban J connectivity index is 3.04. The molecule has 1 aromatic carbocycles. The summed E-state index contributed by atoms with van der Waals surface area (Å²) >= 11 is 0. The van der Waals surface area contributed by atoms with Crippen LogP contribution in [-0.2, 0) is 0 Å². The monoisotopic (exact) mass is 238 g/mol. The van der Waals surface area contributed by atoms with Gasteiger partial charge in [-0.05, 0) is 12.5 Å². The van der Waals surface area contributed by atoms with E-state index in [1.807, 2.05) is 0 Å². The second-order valence-electron chi connectivity index (χ2n) is 3.13. The van der Waals surface area contributed by atoms with Gasteiger partial charge in [-0.1, -0.05) is 19.1 Å². The van der Waals surface area contributed by atoms with Gasteiger partial charge < -0.3 is 9.84 Å². The van der Waals surface area contributed by atoms with Crippen molar-refractivity contribution >= 4 is 0 Å². The van der Waals surface area contributed by atoms with Crippen LogP contribution in [0.15, 0.2) is 18.2 Å². The molecular weight excluding hydrogens is 228 g/mol. The minimum atomic E-state index is -4.95. The zero-order valence-corrected chi connectivity index (χ0v) is 8.38. The Morgan fingerprint density at radius 1 is 1.38 bits per heavy atom. The van der Waals surface area contributed by atoms with Crippen molar-refractivity contribution in [1.82, 2.24) is 0 Å². The molecule has 0 amide bonds. The van der Waals surface area contributed by atoms with Gasteiger partial charge in [0.05, 0.1) is 6.10 Å². The number of aliphatic hydroxyl groups is 1. The zero-order chi connectivity index (χ0) is 12.3. The third kappa shape index (κ3) is 3.10. The van der Waals surface area contributed by atoms with E-state index in [1.165, 1.54) is 12.1 Å². The van der Waals surface area contributed by atoms with Crippen LogP contribution < -0.4 is 4.74 Å². The van der Waals surface area contributed by atoms with Crippen LogP contribution in [0.1, 0.15) is 25.0 Å². The predicted molar refractivity (Wildman–Crippen MR) is 48.3 cm³/mol. The minimum absolute atomic E-state index is 0.201. The molecular formula is C10H10F4O2. The van der Waals surface area contributed by atoms with E-state index in [0.717, 1.165) is 6.07 Å². The van der Waals surface area contributed by atoms with E-state index in [4.69, 9.17) is 0 Å². The summed E-state index contributed by atoms with van der Waals surface area (Å²) < 4.78 is 52.6. The Morgan fingerprint density at radius 2 is 2.00 bits per heavy atom. The molecule has 0 fully saturated rings. The summed E-state index contributed by atoms with van der Waals surface area (Å²) in [4.78, 5) is 0. The van der Waals surface area contributed by atoms with Crippen LogP contribution in [0.3, 0.4) is 0 Å². The number of ether oxygens (including phenoxy) is 1. The highest BCUT2D eigenvalue weighted by molar-refractivity contribution is 5.32. The van der Waals surface area contributed by atoms with Crippen LogP contribution in [0.25, 0.3) is 0 Å². The molecule has 6 heteroatoms. The molecule has 0 saturated carbocycles. The van der Waals surface area contributed by atoms with E-state index in [-0.39, 0.29) is 12.0 Å². The average Bonchev–Trinajstić information content (AvgIpc) is 2.18. The van der Waals surface area contributed by atoms with Gasteiger partial charge in [0.2, 0.25) is 0 Å². The molecule has 0 spiro atoms. The van der Waals surface area contributed by atoms with Gasteiger partial charge in [0, 0.05) is 5.56 Å². The van der Waals surface area contributed by atoms with Gasteiger partial charge >= 0.3 is 6.36 Å². The van der Waals surface area contributed by atoms with Gasteiger partial charge in [-0.15, -0.1) is 13.2 Å². The third-order valence-electron chi connectivity index (χ3n) is 1.96. The van der Waals surface area contributed by atoms with Crippen molar-refractivity contribution in [3.05, 3.63) is 29.6 Å². The maximum Gasteiger partial charge on any atom is 0.573 e. The van der Waals surface area contributed by atoms with Crippen LogP contribution in [0.4, 0.5) is 17.6 Å². The molecule has 0 aliphatic carbocycles. The summed E-state index contributed by atoms with van der Waals surface area (Å²) in [7, 11) is 0. The first-order chi connectivity index (χ1) is 7.35. The van der Waals surface area contributed by atoms with Crippen molar-refractivity contribution in [3.8, 4) is 5.75 Å². The number of alkyl halides is 3. The third-order valence-corrected chi connectivity index (χ3v) is 1.96. The van der Waals surface area contributed by atoms with Crippen LogP contribution >= 0.6 is 0 Å². The van der Waals surface area contributed by atoms with Crippen LogP contribution in [0, 0.1) is 5.82 Å². The van der Waals surface area contributed by atoms with E-state index >= 15 is 0 Å².